The highest BCUT2D eigenvalue weighted by atomic mass is 35.5. The van der Waals surface area contributed by atoms with Gasteiger partial charge in [-0.25, -0.2) is 14.4 Å². The summed E-state index contributed by atoms with van der Waals surface area (Å²) < 4.78 is 24.5. The quantitative estimate of drug-likeness (QED) is 0.463. The van der Waals surface area contributed by atoms with Crippen LogP contribution in [0.3, 0.4) is 0 Å². The Hall–Kier alpha value is -3.52. The van der Waals surface area contributed by atoms with Crippen LogP contribution in [-0.4, -0.2) is 53.0 Å². The zero-order valence-corrected chi connectivity index (χ0v) is 19.3. The predicted molar refractivity (Wildman–Crippen MR) is 124 cm³/mol. The molecule has 1 atom stereocenters. The van der Waals surface area contributed by atoms with Crippen LogP contribution in [0.15, 0.2) is 60.9 Å². The number of aromatic nitrogens is 2. The SMILES string of the molecule is CCOC(=O)C1(COc2ccc(-c3ncc(Cl)cn3)cc2)CCN(C(=O)c2ccc(F)cc2)C1. The molecule has 9 heteroatoms. The van der Waals surface area contributed by atoms with Crippen molar-refractivity contribution in [1.82, 2.24) is 14.9 Å². The number of esters is 1. The van der Waals surface area contributed by atoms with E-state index in [4.69, 9.17) is 21.1 Å². The Labute approximate surface area is 201 Å². The van der Waals surface area contributed by atoms with Crippen LogP contribution >= 0.6 is 11.6 Å². The first-order valence-corrected chi connectivity index (χ1v) is 11.2. The van der Waals surface area contributed by atoms with Gasteiger partial charge in [0.1, 0.15) is 23.6 Å². The van der Waals surface area contributed by atoms with Crippen molar-refractivity contribution in [2.24, 2.45) is 5.41 Å². The second-order valence-electron chi connectivity index (χ2n) is 8.02. The van der Waals surface area contributed by atoms with Crippen LogP contribution in [0, 0.1) is 11.2 Å². The van der Waals surface area contributed by atoms with Crippen molar-refractivity contribution in [2.45, 2.75) is 13.3 Å². The van der Waals surface area contributed by atoms with E-state index in [0.717, 1.165) is 5.56 Å². The second kappa shape index (κ2) is 10.2. The van der Waals surface area contributed by atoms with Crippen molar-refractivity contribution in [3.05, 3.63) is 77.3 Å². The molecule has 7 nitrogen and oxygen atoms in total. The Balaban J connectivity index is 1.46. The number of carbonyl (C=O) groups is 2. The van der Waals surface area contributed by atoms with Gasteiger partial charge in [0.2, 0.25) is 0 Å². The molecule has 0 bridgehead atoms. The first kappa shape index (κ1) is 23.6. The zero-order valence-electron chi connectivity index (χ0n) is 18.5. The number of amides is 1. The van der Waals surface area contributed by atoms with E-state index in [2.05, 4.69) is 9.97 Å². The maximum atomic E-state index is 13.2. The van der Waals surface area contributed by atoms with E-state index >= 15 is 0 Å². The number of benzene rings is 2. The maximum Gasteiger partial charge on any atom is 0.317 e. The Morgan fingerprint density at radius 1 is 1.09 bits per heavy atom. The highest BCUT2D eigenvalue weighted by Crippen LogP contribution is 2.34. The van der Waals surface area contributed by atoms with Crippen LogP contribution < -0.4 is 4.74 Å². The van der Waals surface area contributed by atoms with Gasteiger partial charge in [0.15, 0.2) is 5.82 Å². The lowest BCUT2D eigenvalue weighted by atomic mass is 9.88. The van der Waals surface area contributed by atoms with Crippen molar-refractivity contribution in [3.8, 4) is 17.1 Å². The molecule has 0 saturated carbocycles. The number of ether oxygens (including phenoxy) is 2. The van der Waals surface area contributed by atoms with Crippen LogP contribution in [0.4, 0.5) is 4.39 Å². The molecule has 1 fully saturated rings. The Morgan fingerprint density at radius 3 is 2.41 bits per heavy atom. The van der Waals surface area contributed by atoms with Gasteiger partial charge in [-0.05, 0) is 61.9 Å². The number of hydrogen-bond donors (Lipinski definition) is 0. The van der Waals surface area contributed by atoms with Crippen LogP contribution in [-0.2, 0) is 9.53 Å². The third-order valence-electron chi connectivity index (χ3n) is 5.69. The molecule has 0 N–H and O–H groups in total. The summed E-state index contributed by atoms with van der Waals surface area (Å²) in [5.74, 6) is 0.00403. The fourth-order valence-corrected chi connectivity index (χ4v) is 3.93. The third kappa shape index (κ3) is 5.17. The molecule has 0 radical (unpaired) electrons. The van der Waals surface area contributed by atoms with Gasteiger partial charge in [-0.3, -0.25) is 9.59 Å². The van der Waals surface area contributed by atoms with Crippen LogP contribution in [0.5, 0.6) is 5.75 Å². The molecule has 0 aliphatic carbocycles. The van der Waals surface area contributed by atoms with E-state index < -0.39 is 17.2 Å². The minimum atomic E-state index is -0.996. The summed E-state index contributed by atoms with van der Waals surface area (Å²) >= 11 is 5.84. The number of hydrogen-bond acceptors (Lipinski definition) is 6. The van der Waals surface area contributed by atoms with Gasteiger partial charge < -0.3 is 14.4 Å². The summed E-state index contributed by atoms with van der Waals surface area (Å²) in [6.45, 7) is 2.53. The van der Waals surface area contributed by atoms with Crippen LogP contribution in [0.25, 0.3) is 11.4 Å². The van der Waals surface area contributed by atoms with E-state index in [1.807, 2.05) is 12.1 Å². The molecule has 1 saturated heterocycles. The summed E-state index contributed by atoms with van der Waals surface area (Å²) in [5.41, 5.74) is 0.159. The molecule has 2 heterocycles. The number of likely N-dealkylation sites (tertiary alicyclic amines) is 1. The highest BCUT2D eigenvalue weighted by Gasteiger charge is 2.48. The maximum absolute atomic E-state index is 13.2. The molecular formula is C25H23ClFN3O4. The fraction of sp³-hybridized carbons (Fsp3) is 0.280. The van der Waals surface area contributed by atoms with Crippen molar-refractivity contribution in [2.75, 3.05) is 26.3 Å². The topological polar surface area (TPSA) is 81.6 Å². The lowest BCUT2D eigenvalue weighted by molar-refractivity contribution is -0.156. The molecule has 1 aliphatic rings. The molecule has 2 aromatic carbocycles. The minimum Gasteiger partial charge on any atom is -0.492 e. The van der Waals surface area contributed by atoms with Crippen molar-refractivity contribution in [1.29, 1.82) is 0 Å². The molecule has 1 aliphatic heterocycles. The van der Waals surface area contributed by atoms with Gasteiger partial charge in [0, 0.05) is 36.6 Å². The number of halogens is 2. The van der Waals surface area contributed by atoms with Gasteiger partial charge in [-0.15, -0.1) is 0 Å². The zero-order chi connectivity index (χ0) is 24.1. The molecule has 4 rings (SSSR count). The summed E-state index contributed by atoms with van der Waals surface area (Å²) in [6, 6.07) is 12.5. The molecular weight excluding hydrogens is 461 g/mol. The normalized spacial score (nSPS) is 17.4. The lowest BCUT2D eigenvalue weighted by Crippen LogP contribution is -2.42. The Bertz CT molecular complexity index is 1160. The number of carbonyl (C=O) groups excluding carboxylic acids is 2. The molecule has 3 aromatic rings. The number of rotatable bonds is 7. The van der Waals surface area contributed by atoms with E-state index in [1.165, 1.54) is 36.7 Å². The largest absolute Gasteiger partial charge is 0.492 e. The molecule has 0 spiro atoms. The van der Waals surface area contributed by atoms with E-state index in [-0.39, 0.29) is 25.7 Å². The van der Waals surface area contributed by atoms with Crippen molar-refractivity contribution >= 4 is 23.5 Å². The first-order valence-electron chi connectivity index (χ1n) is 10.8. The minimum absolute atomic E-state index is 0.0514. The standard InChI is InChI=1S/C25H23ClFN3O4/c1-2-33-24(32)25(11-12-30(15-25)23(31)18-3-7-20(27)8-4-18)16-34-21-9-5-17(6-10-21)22-28-13-19(26)14-29-22/h3-10,13-14H,2,11-12,15-16H2,1H3. The molecule has 1 amide bonds. The summed E-state index contributed by atoms with van der Waals surface area (Å²) in [6.07, 6.45) is 3.45. The molecule has 34 heavy (non-hydrogen) atoms. The van der Waals surface area contributed by atoms with Crippen LogP contribution in [0.1, 0.15) is 23.7 Å². The summed E-state index contributed by atoms with van der Waals surface area (Å²) in [4.78, 5) is 35.7. The highest BCUT2D eigenvalue weighted by molar-refractivity contribution is 6.30. The molecule has 1 aromatic heterocycles. The smallest absolute Gasteiger partial charge is 0.317 e. The lowest BCUT2D eigenvalue weighted by Gasteiger charge is -2.27. The van der Waals surface area contributed by atoms with Crippen molar-refractivity contribution in [3.63, 3.8) is 0 Å². The third-order valence-corrected chi connectivity index (χ3v) is 5.88. The monoisotopic (exact) mass is 483 g/mol. The molecule has 1 unspecified atom stereocenters. The first-order chi connectivity index (χ1) is 16.4. The van der Waals surface area contributed by atoms with Gasteiger partial charge in [-0.1, -0.05) is 11.6 Å². The molecule has 176 valence electrons. The Kier molecular flexibility index (Phi) is 7.07. The van der Waals surface area contributed by atoms with Gasteiger partial charge in [-0.2, -0.15) is 0 Å². The average Bonchev–Trinajstić information content (AvgIpc) is 3.30. The second-order valence-corrected chi connectivity index (χ2v) is 8.46. The Morgan fingerprint density at radius 2 is 1.76 bits per heavy atom. The van der Waals surface area contributed by atoms with E-state index in [9.17, 15) is 14.0 Å². The van der Waals surface area contributed by atoms with Gasteiger partial charge in [0.25, 0.3) is 5.91 Å². The average molecular weight is 484 g/mol. The summed E-state index contributed by atoms with van der Waals surface area (Å²) in [7, 11) is 0. The summed E-state index contributed by atoms with van der Waals surface area (Å²) in [5, 5.41) is 0.455. The van der Waals surface area contributed by atoms with E-state index in [1.54, 1.807) is 24.0 Å². The van der Waals surface area contributed by atoms with Crippen molar-refractivity contribution < 1.29 is 23.5 Å². The van der Waals surface area contributed by atoms with E-state index in [0.29, 0.717) is 35.1 Å². The van der Waals surface area contributed by atoms with Gasteiger partial charge in [0.05, 0.1) is 11.6 Å². The van der Waals surface area contributed by atoms with Crippen LogP contribution in [0.2, 0.25) is 5.02 Å². The predicted octanol–water partition coefficient (Wildman–Crippen LogP) is 4.41. The fourth-order valence-electron chi connectivity index (χ4n) is 3.83. The van der Waals surface area contributed by atoms with Gasteiger partial charge >= 0.3 is 5.97 Å². The number of nitrogens with zero attached hydrogens (tertiary/aromatic N) is 3.